The van der Waals surface area contributed by atoms with Crippen LogP contribution in [0.4, 0.5) is 4.79 Å². The normalized spacial score (nSPS) is 24.3. The summed E-state index contributed by atoms with van der Waals surface area (Å²) in [7, 11) is 7.98. The maximum Gasteiger partial charge on any atom is 0.407 e. The molecule has 3 aliphatic carbocycles. The molecular formula is C54H73BN8O4. The second-order valence-corrected chi connectivity index (χ2v) is 21.2. The van der Waals surface area contributed by atoms with E-state index in [2.05, 4.69) is 45.6 Å². The molecule has 4 aromatic rings. The number of benzene rings is 2. The van der Waals surface area contributed by atoms with E-state index >= 15 is 0 Å². The molecule has 3 amide bonds. The van der Waals surface area contributed by atoms with Gasteiger partial charge in [0.25, 0.3) is 0 Å². The highest BCUT2D eigenvalue weighted by molar-refractivity contribution is 6.17. The first-order valence-corrected chi connectivity index (χ1v) is 25.8. The summed E-state index contributed by atoms with van der Waals surface area (Å²) in [6, 6.07) is 7.91. The van der Waals surface area contributed by atoms with Crippen molar-refractivity contribution >= 4 is 47.8 Å². The van der Waals surface area contributed by atoms with Crippen LogP contribution in [0.3, 0.4) is 0 Å². The Morgan fingerprint density at radius 3 is 1.97 bits per heavy atom. The van der Waals surface area contributed by atoms with Crippen molar-refractivity contribution in [2.75, 3.05) is 20.2 Å². The number of hydrogen-bond donors (Lipinski definition) is 4. The summed E-state index contributed by atoms with van der Waals surface area (Å²) in [5.41, 5.74) is 18.8. The number of hydrogen-bond acceptors (Lipinski definition) is 7. The van der Waals surface area contributed by atoms with E-state index in [-0.39, 0.29) is 41.7 Å². The average molecular weight is 909 g/mol. The second-order valence-electron chi connectivity index (χ2n) is 21.2. The Labute approximate surface area is 398 Å². The van der Waals surface area contributed by atoms with Gasteiger partial charge in [-0.05, 0) is 160 Å². The van der Waals surface area contributed by atoms with Gasteiger partial charge in [0.05, 0.1) is 47.3 Å². The fourth-order valence-electron chi connectivity index (χ4n) is 11.4. The number of fused-ring (bicyclic) bond motifs is 2. The van der Waals surface area contributed by atoms with E-state index in [0.29, 0.717) is 24.9 Å². The smallest absolute Gasteiger partial charge is 0.407 e. The van der Waals surface area contributed by atoms with Gasteiger partial charge in [-0.25, -0.2) is 14.8 Å². The van der Waals surface area contributed by atoms with Crippen molar-refractivity contribution in [3.8, 4) is 0 Å². The van der Waals surface area contributed by atoms with E-state index in [0.717, 1.165) is 91.5 Å². The zero-order valence-corrected chi connectivity index (χ0v) is 40.7. The monoisotopic (exact) mass is 909 g/mol. The minimum atomic E-state index is -0.671. The third-order valence-electron chi connectivity index (χ3n) is 15.7. The number of carbonyl (C=O) groups is 3. The Hall–Kier alpha value is -4.91. The third kappa shape index (κ3) is 10.3. The number of aromatic amines is 2. The van der Waals surface area contributed by atoms with Gasteiger partial charge >= 0.3 is 6.09 Å². The minimum absolute atomic E-state index is 0.0211. The van der Waals surface area contributed by atoms with Crippen LogP contribution in [0.15, 0.2) is 47.5 Å². The van der Waals surface area contributed by atoms with Crippen LogP contribution in [0.25, 0.3) is 22.1 Å². The largest absolute Gasteiger partial charge is 0.453 e. The molecular weight excluding hydrogens is 835 g/mol. The summed E-state index contributed by atoms with van der Waals surface area (Å²) in [5.74, 6) is 4.88. The van der Waals surface area contributed by atoms with Crippen LogP contribution < -0.4 is 11.1 Å². The van der Waals surface area contributed by atoms with Gasteiger partial charge in [-0.2, -0.15) is 0 Å². The molecule has 0 unspecified atom stereocenters. The van der Waals surface area contributed by atoms with Crippen molar-refractivity contribution in [2.24, 2.45) is 17.6 Å². The number of ether oxygens (including phenoxy) is 1. The molecule has 2 radical (unpaired) electrons. The summed E-state index contributed by atoms with van der Waals surface area (Å²) >= 11 is 0. The van der Waals surface area contributed by atoms with Gasteiger partial charge in [-0.3, -0.25) is 9.59 Å². The topological polar surface area (TPSA) is 162 Å². The molecule has 2 aromatic heterocycles. The van der Waals surface area contributed by atoms with Crippen LogP contribution in [-0.2, 0) is 20.7 Å². The zero-order chi connectivity index (χ0) is 46.9. The standard InChI is InChI=1S/C54H73BN8O4/c1-31(2)48(56)52(64)62-24-10-14-46(62)50-59-44-28-40(35-22-23-35)41(29-45(44)60-50)38-13-9-7-6-8-12-33(17-19-37(38)30-55)16-18-36-26-42-43(27-39(36)34-20-21-34)58-51(57-42)47-15-11-25-63(47)53(65)49(32(3)4)61-54(66)67-5/h16,26-32,34-35,38,46-49H,6-15,17-25,56H2,1-5H3,(H,57,58)(H,59,60)(H,61,66)/b33-16+,37-30-/t38-,46+,47+,48+,49+/m1/s1. The van der Waals surface area contributed by atoms with Gasteiger partial charge in [-0.15, -0.1) is 5.98 Å². The highest BCUT2D eigenvalue weighted by atomic mass is 16.5. The van der Waals surface area contributed by atoms with E-state index in [1.807, 2.05) is 43.5 Å². The molecule has 12 nitrogen and oxygen atoms in total. The molecule has 13 heteroatoms. The lowest BCUT2D eigenvalue weighted by molar-refractivity contribution is -0.136. The molecule has 2 saturated heterocycles. The molecule has 356 valence electrons. The number of amides is 3. The number of H-pyrrole nitrogens is 2. The Morgan fingerprint density at radius 1 is 0.746 bits per heavy atom. The van der Waals surface area contributed by atoms with Gasteiger partial charge in [-0.1, -0.05) is 64.2 Å². The molecule has 2 aliphatic heterocycles. The number of imidazole rings is 2. The first-order valence-electron chi connectivity index (χ1n) is 25.8. The maximum atomic E-state index is 13.9. The van der Waals surface area contributed by atoms with Gasteiger partial charge in [0.15, 0.2) is 0 Å². The van der Waals surface area contributed by atoms with Crippen LogP contribution in [0.2, 0.25) is 0 Å². The quantitative estimate of drug-likeness (QED) is 0.0812. The molecule has 5 fully saturated rings. The van der Waals surface area contributed by atoms with Crippen LogP contribution in [-0.4, -0.2) is 87.8 Å². The van der Waals surface area contributed by atoms with Crippen LogP contribution in [0.5, 0.6) is 0 Å². The Bertz CT molecular complexity index is 2510. The Kier molecular flexibility index (Phi) is 14.3. The van der Waals surface area contributed by atoms with E-state index in [4.69, 9.17) is 28.3 Å². The van der Waals surface area contributed by atoms with Crippen LogP contribution >= 0.6 is 0 Å². The Morgan fingerprint density at radius 2 is 1.36 bits per heavy atom. The molecule has 0 spiro atoms. The van der Waals surface area contributed by atoms with Gasteiger partial charge < -0.3 is 35.6 Å². The van der Waals surface area contributed by atoms with E-state index in [1.54, 1.807) is 0 Å². The van der Waals surface area contributed by atoms with E-state index < -0.39 is 18.2 Å². The molecule has 5 aliphatic rings. The fraction of sp³-hybridized carbons (Fsp3) is 0.611. The van der Waals surface area contributed by atoms with Crippen molar-refractivity contribution in [3.05, 3.63) is 81.4 Å². The lowest BCUT2D eigenvalue weighted by atomic mass is 9.78. The minimum Gasteiger partial charge on any atom is -0.453 e. The Balaban J connectivity index is 0.946. The average Bonchev–Trinajstić information content (AvgIpc) is 4.13. The molecule has 5 N–H and O–H groups in total. The highest BCUT2D eigenvalue weighted by Crippen LogP contribution is 2.48. The number of nitrogens with one attached hydrogen (secondary N) is 3. The molecule has 67 heavy (non-hydrogen) atoms. The first kappa shape index (κ1) is 47.2. The number of alkyl carbamates (subject to hydrolysis) is 1. The summed E-state index contributed by atoms with van der Waals surface area (Å²) in [5, 5.41) is 2.77. The number of methoxy groups -OCH3 is 1. The fourth-order valence-corrected chi connectivity index (χ4v) is 11.4. The molecule has 4 heterocycles. The molecule has 9 rings (SSSR count). The first-order chi connectivity index (χ1) is 32.4. The zero-order valence-electron chi connectivity index (χ0n) is 40.7. The van der Waals surface area contributed by atoms with Gasteiger partial charge in [0.2, 0.25) is 11.8 Å². The summed E-state index contributed by atoms with van der Waals surface area (Å²) in [6.07, 6.45) is 20.0. The molecule has 2 aromatic carbocycles. The van der Waals surface area contributed by atoms with Crippen molar-refractivity contribution < 1.29 is 19.1 Å². The van der Waals surface area contributed by atoms with E-state index in [1.165, 1.54) is 91.9 Å². The van der Waals surface area contributed by atoms with Gasteiger partial charge in [0.1, 0.15) is 25.5 Å². The lowest BCUT2D eigenvalue weighted by Crippen LogP contribution is -2.51. The third-order valence-corrected chi connectivity index (χ3v) is 15.7. The summed E-state index contributed by atoms with van der Waals surface area (Å²) in [4.78, 5) is 61.0. The van der Waals surface area contributed by atoms with Gasteiger partial charge in [0, 0.05) is 19.0 Å². The molecule has 0 bridgehead atoms. The lowest BCUT2D eigenvalue weighted by Gasteiger charge is -2.29. The predicted molar refractivity (Wildman–Crippen MR) is 266 cm³/mol. The predicted octanol–water partition coefficient (Wildman–Crippen LogP) is 10.3. The number of rotatable bonds is 12. The molecule has 5 atom stereocenters. The number of aromatic nitrogens is 4. The van der Waals surface area contributed by atoms with Crippen molar-refractivity contribution in [2.45, 2.75) is 179 Å². The summed E-state index contributed by atoms with van der Waals surface area (Å²) in [6.45, 7) is 9.25. The number of carbonyl (C=O) groups excluding carboxylic acids is 3. The second kappa shape index (κ2) is 20.4. The van der Waals surface area contributed by atoms with Crippen molar-refractivity contribution in [1.82, 2.24) is 35.1 Å². The van der Waals surface area contributed by atoms with Crippen LogP contribution in [0.1, 0.15) is 194 Å². The number of likely N-dealkylation sites (tertiary alicyclic amines) is 2. The SMILES string of the molecule is [B]/C=C1/CC/C(=C/Cc2cc3[nH]c([C@@H]4CCCN4C(=O)[C@@H](NC(=O)OC)C(C)C)nc3cc2C2CC2)CCCCCC[C@H]1c1cc2[nH]c([C@@H]3CCCN3C(=O)[C@@H](N)C(C)C)nc2cc1C1CC1. The maximum absolute atomic E-state index is 13.9. The van der Waals surface area contributed by atoms with E-state index in [9.17, 15) is 14.4 Å². The van der Waals surface area contributed by atoms with Crippen molar-refractivity contribution in [3.63, 3.8) is 0 Å². The number of allylic oxidation sites excluding steroid dienone is 3. The van der Waals surface area contributed by atoms with Crippen molar-refractivity contribution in [1.29, 1.82) is 0 Å². The molecule has 3 saturated carbocycles. The number of nitrogens with zero attached hydrogens (tertiary/aromatic N) is 4. The number of nitrogens with two attached hydrogens (primary N) is 1. The van der Waals surface area contributed by atoms with Crippen LogP contribution in [0, 0.1) is 11.8 Å². The summed E-state index contributed by atoms with van der Waals surface area (Å²) < 4.78 is 4.85. The highest BCUT2D eigenvalue weighted by Gasteiger charge is 2.39.